The minimum absolute atomic E-state index is 0.0403. The van der Waals surface area contributed by atoms with Gasteiger partial charge in [0.2, 0.25) is 11.8 Å². The first kappa shape index (κ1) is 29.9. The molecule has 1 aliphatic rings. The van der Waals surface area contributed by atoms with Gasteiger partial charge in [-0.05, 0) is 55.7 Å². The Balaban J connectivity index is 1.71. The molecule has 1 heterocycles. The van der Waals surface area contributed by atoms with Crippen molar-refractivity contribution < 1.29 is 27.5 Å². The van der Waals surface area contributed by atoms with E-state index in [1.165, 1.54) is 17.0 Å². The molecule has 0 aliphatic carbocycles. The Morgan fingerprint density at radius 2 is 1.63 bits per heavy atom. The molecule has 1 atom stereocenters. The molecule has 0 saturated heterocycles. The molecule has 3 aromatic carbocycles. The van der Waals surface area contributed by atoms with Crippen LogP contribution in [0.25, 0.3) is 0 Å². The largest absolute Gasteiger partial charge is 0.486 e. The van der Waals surface area contributed by atoms with E-state index < -0.39 is 28.5 Å². The highest BCUT2D eigenvalue weighted by atomic mass is 32.2. The van der Waals surface area contributed by atoms with Crippen molar-refractivity contribution in [3.05, 3.63) is 83.9 Å². The van der Waals surface area contributed by atoms with Gasteiger partial charge in [-0.2, -0.15) is 0 Å². The van der Waals surface area contributed by atoms with Gasteiger partial charge in [0.25, 0.3) is 10.0 Å². The first-order valence-electron chi connectivity index (χ1n) is 13.8. The third-order valence-corrected chi connectivity index (χ3v) is 8.81. The van der Waals surface area contributed by atoms with E-state index in [0.29, 0.717) is 31.3 Å². The van der Waals surface area contributed by atoms with Gasteiger partial charge >= 0.3 is 0 Å². The van der Waals surface area contributed by atoms with Gasteiger partial charge in [-0.3, -0.25) is 13.9 Å². The lowest BCUT2D eigenvalue weighted by molar-refractivity contribution is -0.139. The van der Waals surface area contributed by atoms with Crippen LogP contribution in [0.15, 0.2) is 77.7 Å². The first-order chi connectivity index (χ1) is 19.7. The van der Waals surface area contributed by atoms with Crippen LogP contribution < -0.4 is 19.1 Å². The number of sulfonamides is 1. The number of aryl methyl sites for hydroxylation is 1. The summed E-state index contributed by atoms with van der Waals surface area (Å²) in [6.45, 7) is 6.48. The molecule has 0 spiro atoms. The predicted molar refractivity (Wildman–Crippen MR) is 158 cm³/mol. The first-order valence-corrected chi connectivity index (χ1v) is 15.3. The fourth-order valence-electron chi connectivity index (χ4n) is 4.53. The molecule has 9 nitrogen and oxygen atoms in total. The molecular formula is C31H37N3O6S. The Hall–Kier alpha value is -4.05. The zero-order valence-electron chi connectivity index (χ0n) is 23.7. The maximum absolute atomic E-state index is 14.1. The van der Waals surface area contributed by atoms with Gasteiger partial charge in [0.05, 0.1) is 10.6 Å². The third-order valence-electron chi connectivity index (χ3n) is 7.02. The van der Waals surface area contributed by atoms with Crippen LogP contribution >= 0.6 is 0 Å². The number of nitrogens with zero attached hydrogens (tertiary/aromatic N) is 2. The minimum atomic E-state index is -4.16. The van der Waals surface area contributed by atoms with Gasteiger partial charge < -0.3 is 19.7 Å². The topological polar surface area (TPSA) is 105 Å². The Bertz CT molecular complexity index is 1460. The van der Waals surface area contributed by atoms with Crippen molar-refractivity contribution in [3.63, 3.8) is 0 Å². The number of anilines is 1. The van der Waals surface area contributed by atoms with Crippen LogP contribution in [0.4, 0.5) is 5.69 Å². The summed E-state index contributed by atoms with van der Waals surface area (Å²) in [4.78, 5) is 28.7. The number of hydrogen-bond acceptors (Lipinski definition) is 6. The van der Waals surface area contributed by atoms with E-state index in [9.17, 15) is 18.0 Å². The number of benzene rings is 3. The monoisotopic (exact) mass is 579 g/mol. The van der Waals surface area contributed by atoms with Crippen molar-refractivity contribution in [2.45, 2.75) is 51.1 Å². The normalized spacial score (nSPS) is 13.2. The number of ether oxygens (including phenoxy) is 2. The van der Waals surface area contributed by atoms with E-state index in [2.05, 4.69) is 5.32 Å². The molecule has 41 heavy (non-hydrogen) atoms. The summed E-state index contributed by atoms with van der Waals surface area (Å²) >= 11 is 0. The van der Waals surface area contributed by atoms with Crippen LogP contribution in [0.3, 0.4) is 0 Å². The zero-order valence-corrected chi connectivity index (χ0v) is 24.5. The highest BCUT2D eigenvalue weighted by Gasteiger charge is 2.33. The van der Waals surface area contributed by atoms with Gasteiger partial charge in [-0.25, -0.2) is 8.42 Å². The van der Waals surface area contributed by atoms with Crippen LogP contribution in [0, 0.1) is 6.92 Å². The van der Waals surface area contributed by atoms with Crippen molar-refractivity contribution in [1.82, 2.24) is 10.2 Å². The van der Waals surface area contributed by atoms with E-state index in [1.54, 1.807) is 43.3 Å². The number of fused-ring (bicyclic) bond motifs is 1. The predicted octanol–water partition coefficient (Wildman–Crippen LogP) is 4.30. The second-order valence-corrected chi connectivity index (χ2v) is 11.8. The van der Waals surface area contributed by atoms with Crippen LogP contribution in [0.1, 0.15) is 37.8 Å². The molecule has 0 unspecified atom stereocenters. The number of carbonyl (C=O) groups excluding carboxylic acids is 2. The van der Waals surface area contributed by atoms with Crippen LogP contribution in [-0.4, -0.2) is 57.5 Å². The molecule has 2 amide bonds. The SMILES string of the molecule is CCCCNC(=O)[C@@H](C)N(Cc1ccccc1C)C(=O)CN(c1ccc2c(c1)OCCO2)S(=O)(=O)c1ccccc1. The van der Waals surface area contributed by atoms with Crippen molar-refractivity contribution in [2.24, 2.45) is 0 Å². The quantitative estimate of drug-likeness (QED) is 0.321. The number of hydrogen-bond donors (Lipinski definition) is 1. The maximum Gasteiger partial charge on any atom is 0.264 e. The average molecular weight is 580 g/mol. The van der Waals surface area contributed by atoms with Crippen molar-refractivity contribution in [2.75, 3.05) is 30.6 Å². The fourth-order valence-corrected chi connectivity index (χ4v) is 5.95. The van der Waals surface area contributed by atoms with Gasteiger partial charge in [-0.1, -0.05) is 55.8 Å². The Kier molecular flexibility index (Phi) is 9.88. The van der Waals surface area contributed by atoms with Gasteiger partial charge in [0.1, 0.15) is 25.8 Å². The molecule has 218 valence electrons. The van der Waals surface area contributed by atoms with E-state index >= 15 is 0 Å². The van der Waals surface area contributed by atoms with Crippen molar-refractivity contribution in [1.29, 1.82) is 0 Å². The molecular weight excluding hydrogens is 542 g/mol. The number of unbranched alkanes of at least 4 members (excludes halogenated alkanes) is 1. The lowest BCUT2D eigenvalue weighted by Gasteiger charge is -2.32. The molecule has 0 radical (unpaired) electrons. The lowest BCUT2D eigenvalue weighted by Crippen LogP contribution is -2.51. The summed E-state index contributed by atoms with van der Waals surface area (Å²) in [5, 5.41) is 2.90. The summed E-state index contributed by atoms with van der Waals surface area (Å²) in [6, 6.07) is 19.5. The fraction of sp³-hybridized carbons (Fsp3) is 0.355. The van der Waals surface area contributed by atoms with Gasteiger partial charge in [0, 0.05) is 19.2 Å². The molecule has 0 saturated carbocycles. The summed E-state index contributed by atoms with van der Waals surface area (Å²) in [5.74, 6) is 0.0924. The second-order valence-electron chi connectivity index (χ2n) is 9.92. The number of carbonyl (C=O) groups is 2. The minimum Gasteiger partial charge on any atom is -0.486 e. The van der Waals surface area contributed by atoms with Crippen LogP contribution in [0.2, 0.25) is 0 Å². The Morgan fingerprint density at radius 3 is 2.34 bits per heavy atom. The average Bonchev–Trinajstić information content (AvgIpc) is 2.99. The number of nitrogens with one attached hydrogen (secondary N) is 1. The lowest BCUT2D eigenvalue weighted by atomic mass is 10.1. The smallest absolute Gasteiger partial charge is 0.264 e. The maximum atomic E-state index is 14.1. The molecule has 1 N–H and O–H groups in total. The number of rotatable bonds is 12. The van der Waals surface area contributed by atoms with Crippen LogP contribution in [0.5, 0.6) is 11.5 Å². The van der Waals surface area contributed by atoms with E-state index in [-0.39, 0.29) is 23.0 Å². The number of amides is 2. The Labute approximate surface area is 242 Å². The molecule has 0 aromatic heterocycles. The summed E-state index contributed by atoms with van der Waals surface area (Å²) in [5.41, 5.74) is 2.08. The van der Waals surface area contributed by atoms with Crippen molar-refractivity contribution in [3.8, 4) is 11.5 Å². The summed E-state index contributed by atoms with van der Waals surface area (Å²) in [7, 11) is -4.16. The van der Waals surface area contributed by atoms with E-state index in [0.717, 1.165) is 28.3 Å². The van der Waals surface area contributed by atoms with Gasteiger partial charge in [0.15, 0.2) is 11.5 Å². The van der Waals surface area contributed by atoms with Crippen LogP contribution in [-0.2, 0) is 26.2 Å². The molecule has 4 rings (SSSR count). The third kappa shape index (κ3) is 7.18. The highest BCUT2D eigenvalue weighted by Crippen LogP contribution is 2.36. The second kappa shape index (κ2) is 13.5. The molecule has 3 aromatic rings. The highest BCUT2D eigenvalue weighted by molar-refractivity contribution is 7.92. The van der Waals surface area contributed by atoms with Crippen molar-refractivity contribution >= 4 is 27.5 Å². The van der Waals surface area contributed by atoms with E-state index in [4.69, 9.17) is 9.47 Å². The van der Waals surface area contributed by atoms with E-state index in [1.807, 2.05) is 38.1 Å². The molecule has 0 bridgehead atoms. The molecule has 0 fully saturated rings. The summed E-state index contributed by atoms with van der Waals surface area (Å²) < 4.78 is 40.3. The molecule has 10 heteroatoms. The standard InChI is InChI=1S/C31H37N3O6S/c1-4-5-17-32-31(36)24(3)33(21-25-12-10-9-11-23(25)2)30(35)22-34(41(37,38)27-13-7-6-8-14-27)26-15-16-28-29(20-26)40-19-18-39-28/h6-16,20,24H,4-5,17-19,21-22H2,1-3H3,(H,32,36)/t24-/m1/s1. The van der Waals surface area contributed by atoms with Gasteiger partial charge in [-0.15, -0.1) is 0 Å². The Morgan fingerprint density at radius 1 is 0.951 bits per heavy atom. The summed E-state index contributed by atoms with van der Waals surface area (Å²) in [6.07, 6.45) is 1.74. The molecule has 1 aliphatic heterocycles. The zero-order chi connectivity index (χ0) is 29.4.